The van der Waals surface area contributed by atoms with Crippen molar-refractivity contribution in [3.63, 3.8) is 0 Å². The first-order chi connectivity index (χ1) is 9.49. The van der Waals surface area contributed by atoms with Gasteiger partial charge < -0.3 is 10.2 Å². The molecule has 1 amide bonds. The molecule has 0 unspecified atom stereocenters. The second-order valence-corrected chi connectivity index (χ2v) is 5.84. The van der Waals surface area contributed by atoms with Crippen LogP contribution in [0.15, 0.2) is 24.3 Å². The molecule has 1 aliphatic heterocycles. The fraction of sp³-hybridized carbons (Fsp3) is 0.562. The zero-order valence-corrected chi connectivity index (χ0v) is 12.4. The molecule has 1 fully saturated rings. The Morgan fingerprint density at radius 3 is 2.55 bits per heavy atom. The van der Waals surface area contributed by atoms with Gasteiger partial charge in [0, 0.05) is 38.5 Å². The van der Waals surface area contributed by atoms with Crippen LogP contribution in [0, 0.1) is 11.7 Å². The second kappa shape index (κ2) is 6.35. The minimum Gasteiger partial charge on any atom is -0.340 e. The number of rotatable bonds is 4. The Balaban J connectivity index is 2.11. The number of benzene rings is 1. The first-order valence-corrected chi connectivity index (χ1v) is 7.22. The van der Waals surface area contributed by atoms with E-state index in [1.54, 1.807) is 6.92 Å². The summed E-state index contributed by atoms with van der Waals surface area (Å²) >= 11 is 0. The molecule has 20 heavy (non-hydrogen) atoms. The van der Waals surface area contributed by atoms with Crippen molar-refractivity contribution in [2.24, 2.45) is 5.92 Å². The molecule has 0 saturated carbocycles. The average Bonchev–Trinajstić information content (AvgIpc) is 2.84. The summed E-state index contributed by atoms with van der Waals surface area (Å²) in [6.45, 7) is 8.24. The Bertz CT molecular complexity index is 458. The van der Waals surface area contributed by atoms with E-state index in [2.05, 4.69) is 5.32 Å². The summed E-state index contributed by atoms with van der Waals surface area (Å²) in [5.74, 6) is 0.636. The summed E-state index contributed by atoms with van der Waals surface area (Å²) < 4.78 is 13.0. The van der Waals surface area contributed by atoms with E-state index in [1.807, 2.05) is 30.9 Å². The minimum absolute atomic E-state index is 0.116. The summed E-state index contributed by atoms with van der Waals surface area (Å²) in [6.07, 6.45) is 0. The van der Waals surface area contributed by atoms with Gasteiger partial charge in [0.15, 0.2) is 0 Å². The molecule has 2 rings (SSSR count). The number of carbonyl (C=O) groups excluding carboxylic acids is 1. The van der Waals surface area contributed by atoms with Crippen LogP contribution in [0.5, 0.6) is 0 Å². The molecular weight excluding hydrogens is 255 g/mol. The Morgan fingerprint density at radius 2 is 2.00 bits per heavy atom. The predicted molar refractivity (Wildman–Crippen MR) is 78.0 cm³/mol. The lowest BCUT2D eigenvalue weighted by atomic mass is 9.88. The highest BCUT2D eigenvalue weighted by atomic mass is 19.1. The van der Waals surface area contributed by atoms with E-state index in [0.717, 1.165) is 25.2 Å². The van der Waals surface area contributed by atoms with E-state index in [1.165, 1.54) is 12.1 Å². The van der Waals surface area contributed by atoms with Crippen LogP contribution >= 0.6 is 0 Å². The first-order valence-electron chi connectivity index (χ1n) is 7.22. The molecule has 0 aliphatic carbocycles. The van der Waals surface area contributed by atoms with Crippen molar-refractivity contribution in [2.75, 3.05) is 19.6 Å². The molecule has 0 spiro atoms. The highest BCUT2D eigenvalue weighted by Gasteiger charge is 2.31. The molecule has 1 N–H and O–H groups in total. The fourth-order valence-corrected chi connectivity index (χ4v) is 2.98. The van der Waals surface area contributed by atoms with Crippen molar-refractivity contribution >= 4 is 5.91 Å². The van der Waals surface area contributed by atoms with Crippen LogP contribution in [0.25, 0.3) is 0 Å². The van der Waals surface area contributed by atoms with Gasteiger partial charge in [0.25, 0.3) is 0 Å². The van der Waals surface area contributed by atoms with Gasteiger partial charge in [-0.1, -0.05) is 12.1 Å². The van der Waals surface area contributed by atoms with Crippen LogP contribution in [0.4, 0.5) is 4.39 Å². The van der Waals surface area contributed by atoms with Gasteiger partial charge in [0.2, 0.25) is 5.91 Å². The third-order valence-electron chi connectivity index (χ3n) is 4.10. The summed E-state index contributed by atoms with van der Waals surface area (Å²) in [5.41, 5.74) is 1.15. The lowest BCUT2D eigenvalue weighted by Gasteiger charge is -2.30. The lowest BCUT2D eigenvalue weighted by Crippen LogP contribution is -2.40. The number of nitrogens with one attached hydrogen (secondary N) is 1. The maximum Gasteiger partial charge on any atom is 0.219 e. The van der Waals surface area contributed by atoms with Crippen LogP contribution in [0.1, 0.15) is 32.3 Å². The molecule has 110 valence electrons. The van der Waals surface area contributed by atoms with Gasteiger partial charge in [-0.2, -0.15) is 0 Å². The largest absolute Gasteiger partial charge is 0.340 e. The smallest absolute Gasteiger partial charge is 0.219 e. The van der Waals surface area contributed by atoms with Gasteiger partial charge in [-0.15, -0.1) is 0 Å². The van der Waals surface area contributed by atoms with Crippen molar-refractivity contribution in [1.29, 1.82) is 0 Å². The van der Waals surface area contributed by atoms with Gasteiger partial charge in [0.1, 0.15) is 5.82 Å². The minimum atomic E-state index is -0.205. The molecule has 1 aromatic rings. The molecule has 4 heteroatoms. The number of amides is 1. The number of hydrogen-bond acceptors (Lipinski definition) is 2. The van der Waals surface area contributed by atoms with Gasteiger partial charge in [-0.3, -0.25) is 4.79 Å². The van der Waals surface area contributed by atoms with Gasteiger partial charge in [0.05, 0.1) is 0 Å². The van der Waals surface area contributed by atoms with Crippen LogP contribution in [0.2, 0.25) is 0 Å². The number of hydrogen-bond donors (Lipinski definition) is 1. The number of nitrogens with zero attached hydrogens (tertiary/aromatic N) is 1. The molecule has 0 radical (unpaired) electrons. The standard InChI is InChI=1S/C16H23FN2O/c1-11(2)19(12(3)20)10-14-8-18-9-16(14)13-4-6-15(17)7-5-13/h4-7,11,14,16,18H,8-10H2,1-3H3/t14-,16+/m0/s1. The summed E-state index contributed by atoms with van der Waals surface area (Å²) in [5, 5.41) is 3.39. The van der Waals surface area contributed by atoms with Crippen molar-refractivity contribution in [2.45, 2.75) is 32.7 Å². The average molecular weight is 278 g/mol. The molecule has 1 aliphatic rings. The summed E-state index contributed by atoms with van der Waals surface area (Å²) in [6, 6.07) is 6.94. The second-order valence-electron chi connectivity index (χ2n) is 5.84. The Hall–Kier alpha value is -1.42. The maximum atomic E-state index is 13.0. The fourth-order valence-electron chi connectivity index (χ4n) is 2.98. The monoisotopic (exact) mass is 278 g/mol. The Morgan fingerprint density at radius 1 is 1.35 bits per heavy atom. The SMILES string of the molecule is CC(=O)N(C[C@@H]1CNC[C@@H]1c1ccc(F)cc1)C(C)C. The highest BCUT2D eigenvalue weighted by Crippen LogP contribution is 2.29. The van der Waals surface area contributed by atoms with E-state index in [4.69, 9.17) is 0 Å². The Labute approximate surface area is 120 Å². The van der Waals surface area contributed by atoms with E-state index >= 15 is 0 Å². The van der Waals surface area contributed by atoms with E-state index in [0.29, 0.717) is 11.8 Å². The van der Waals surface area contributed by atoms with E-state index in [9.17, 15) is 9.18 Å². The molecule has 1 saturated heterocycles. The van der Waals surface area contributed by atoms with Gasteiger partial charge >= 0.3 is 0 Å². The van der Waals surface area contributed by atoms with Crippen LogP contribution in [0.3, 0.4) is 0 Å². The summed E-state index contributed by atoms with van der Waals surface area (Å²) in [7, 11) is 0. The third-order valence-corrected chi connectivity index (χ3v) is 4.10. The first kappa shape index (κ1) is 15.0. The van der Waals surface area contributed by atoms with Crippen LogP contribution < -0.4 is 5.32 Å². The number of carbonyl (C=O) groups is 1. The molecule has 3 nitrogen and oxygen atoms in total. The van der Waals surface area contributed by atoms with Crippen LogP contribution in [-0.2, 0) is 4.79 Å². The van der Waals surface area contributed by atoms with Crippen molar-refractivity contribution < 1.29 is 9.18 Å². The molecule has 1 heterocycles. The topological polar surface area (TPSA) is 32.3 Å². The number of halogens is 1. The molecular formula is C16H23FN2O. The zero-order chi connectivity index (χ0) is 14.7. The van der Waals surface area contributed by atoms with Crippen molar-refractivity contribution in [3.05, 3.63) is 35.6 Å². The molecule has 0 bridgehead atoms. The lowest BCUT2D eigenvalue weighted by molar-refractivity contribution is -0.131. The van der Waals surface area contributed by atoms with Gasteiger partial charge in [-0.25, -0.2) is 4.39 Å². The van der Waals surface area contributed by atoms with Crippen molar-refractivity contribution in [3.8, 4) is 0 Å². The summed E-state index contributed by atoms with van der Waals surface area (Å²) in [4.78, 5) is 13.6. The van der Waals surface area contributed by atoms with Gasteiger partial charge in [-0.05, 0) is 37.5 Å². The molecule has 2 atom stereocenters. The van der Waals surface area contributed by atoms with Crippen LogP contribution in [-0.4, -0.2) is 36.5 Å². The molecule has 0 aromatic heterocycles. The highest BCUT2D eigenvalue weighted by molar-refractivity contribution is 5.73. The zero-order valence-electron chi connectivity index (χ0n) is 12.4. The van der Waals surface area contributed by atoms with E-state index < -0.39 is 0 Å². The normalized spacial score (nSPS) is 22.2. The molecule has 1 aromatic carbocycles. The predicted octanol–water partition coefficient (Wildman–Crippen LogP) is 2.39. The van der Waals surface area contributed by atoms with E-state index in [-0.39, 0.29) is 17.8 Å². The van der Waals surface area contributed by atoms with Crippen molar-refractivity contribution in [1.82, 2.24) is 10.2 Å². The maximum absolute atomic E-state index is 13.0. The third kappa shape index (κ3) is 3.37. The Kier molecular flexibility index (Phi) is 4.76. The quantitative estimate of drug-likeness (QED) is 0.917.